The van der Waals surface area contributed by atoms with Crippen LogP contribution in [-0.2, 0) is 16.6 Å². The lowest BCUT2D eigenvalue weighted by molar-refractivity contribution is 0.417. The molecule has 2 aromatic rings. The van der Waals surface area contributed by atoms with E-state index in [2.05, 4.69) is 15.2 Å². The van der Waals surface area contributed by atoms with Gasteiger partial charge in [0.15, 0.2) is 5.03 Å². The number of nitrogens with zero attached hydrogens (tertiary/aromatic N) is 3. The minimum atomic E-state index is -3.53. The highest BCUT2D eigenvalue weighted by atomic mass is 32.2. The molecular formula is C11H14N4O2S. The van der Waals surface area contributed by atoms with E-state index in [1.165, 1.54) is 16.6 Å². The van der Waals surface area contributed by atoms with Crippen LogP contribution >= 0.6 is 0 Å². The molecule has 0 aliphatic rings. The first kappa shape index (κ1) is 12.7. The van der Waals surface area contributed by atoms with E-state index in [4.69, 9.17) is 0 Å². The van der Waals surface area contributed by atoms with Crippen molar-refractivity contribution >= 4 is 10.0 Å². The Morgan fingerprint density at radius 1 is 1.28 bits per heavy atom. The third-order valence-corrected chi connectivity index (χ3v) is 4.36. The molecule has 18 heavy (non-hydrogen) atoms. The van der Waals surface area contributed by atoms with Crippen molar-refractivity contribution in [3.63, 3.8) is 0 Å². The molecule has 0 aromatic carbocycles. The van der Waals surface area contributed by atoms with Gasteiger partial charge in [-0.3, -0.25) is 10.1 Å². The molecule has 2 heterocycles. The highest BCUT2D eigenvalue weighted by molar-refractivity contribution is 7.89. The summed E-state index contributed by atoms with van der Waals surface area (Å²) in [5.74, 6) is 0. The standard InChI is InChI=1S/C11H14N4O2S/c1-2-15(9-10-5-3-4-7-12-10)18(16,17)11-6-8-13-14-11/h3-8H,2,9H2,1H3,(H,13,14). The SMILES string of the molecule is CCN(Cc1ccccn1)S(=O)(=O)c1ccn[nH]1. The first-order valence-electron chi connectivity index (χ1n) is 5.54. The van der Waals surface area contributed by atoms with Crippen LogP contribution in [-0.4, -0.2) is 34.4 Å². The molecule has 0 aliphatic heterocycles. The van der Waals surface area contributed by atoms with Gasteiger partial charge >= 0.3 is 0 Å². The predicted octanol–water partition coefficient (Wildman–Crippen LogP) is 1.02. The number of aromatic nitrogens is 3. The quantitative estimate of drug-likeness (QED) is 0.876. The first-order valence-corrected chi connectivity index (χ1v) is 6.98. The van der Waals surface area contributed by atoms with E-state index in [1.54, 1.807) is 25.3 Å². The van der Waals surface area contributed by atoms with Crippen LogP contribution in [0, 0.1) is 0 Å². The number of pyridine rings is 1. The summed E-state index contributed by atoms with van der Waals surface area (Å²) in [6.07, 6.45) is 3.06. The second-order valence-electron chi connectivity index (χ2n) is 3.67. The van der Waals surface area contributed by atoms with E-state index in [0.717, 1.165) is 0 Å². The number of hydrogen-bond acceptors (Lipinski definition) is 4. The van der Waals surface area contributed by atoms with Gasteiger partial charge in [0.05, 0.1) is 18.4 Å². The highest BCUT2D eigenvalue weighted by Crippen LogP contribution is 2.14. The van der Waals surface area contributed by atoms with Crippen molar-refractivity contribution in [2.45, 2.75) is 18.5 Å². The number of aromatic amines is 1. The van der Waals surface area contributed by atoms with E-state index in [9.17, 15) is 8.42 Å². The van der Waals surface area contributed by atoms with Crippen LogP contribution in [0.25, 0.3) is 0 Å². The van der Waals surface area contributed by atoms with Gasteiger partial charge in [0.25, 0.3) is 10.0 Å². The third-order valence-electron chi connectivity index (χ3n) is 2.51. The van der Waals surface area contributed by atoms with Crippen molar-refractivity contribution in [3.8, 4) is 0 Å². The predicted molar refractivity (Wildman–Crippen MR) is 66.1 cm³/mol. The molecule has 0 atom stereocenters. The maximum absolute atomic E-state index is 12.3. The lowest BCUT2D eigenvalue weighted by atomic mass is 10.3. The second kappa shape index (κ2) is 5.28. The summed E-state index contributed by atoms with van der Waals surface area (Å²) in [5.41, 5.74) is 0.711. The Morgan fingerprint density at radius 3 is 2.67 bits per heavy atom. The van der Waals surface area contributed by atoms with Gasteiger partial charge < -0.3 is 0 Å². The summed E-state index contributed by atoms with van der Waals surface area (Å²) in [4.78, 5) is 4.13. The van der Waals surface area contributed by atoms with Crippen LogP contribution in [0.1, 0.15) is 12.6 Å². The Labute approximate surface area is 106 Å². The van der Waals surface area contributed by atoms with Crippen LogP contribution in [0.2, 0.25) is 0 Å². The van der Waals surface area contributed by atoms with E-state index in [-0.39, 0.29) is 11.6 Å². The summed E-state index contributed by atoms with van der Waals surface area (Å²) < 4.78 is 25.9. The number of hydrogen-bond donors (Lipinski definition) is 1. The fourth-order valence-corrected chi connectivity index (χ4v) is 2.89. The Balaban J connectivity index is 2.25. The van der Waals surface area contributed by atoms with Crippen molar-refractivity contribution in [2.75, 3.05) is 6.54 Å². The molecule has 7 heteroatoms. The average molecular weight is 266 g/mol. The maximum Gasteiger partial charge on any atom is 0.260 e. The first-order chi connectivity index (χ1) is 8.64. The van der Waals surface area contributed by atoms with E-state index < -0.39 is 10.0 Å². The lowest BCUT2D eigenvalue weighted by Crippen LogP contribution is -2.31. The van der Waals surface area contributed by atoms with Gasteiger partial charge in [-0.1, -0.05) is 13.0 Å². The van der Waals surface area contributed by atoms with Crippen molar-refractivity contribution in [2.24, 2.45) is 0 Å². The molecule has 0 saturated heterocycles. The zero-order valence-corrected chi connectivity index (χ0v) is 10.8. The highest BCUT2D eigenvalue weighted by Gasteiger charge is 2.24. The molecule has 2 aromatic heterocycles. The molecule has 2 rings (SSSR count). The molecule has 0 aliphatic carbocycles. The summed E-state index contributed by atoms with van der Waals surface area (Å²) >= 11 is 0. The Hall–Kier alpha value is -1.73. The van der Waals surface area contributed by atoms with Crippen molar-refractivity contribution in [1.82, 2.24) is 19.5 Å². The molecule has 0 radical (unpaired) electrons. The van der Waals surface area contributed by atoms with E-state index in [0.29, 0.717) is 12.2 Å². The fraction of sp³-hybridized carbons (Fsp3) is 0.273. The van der Waals surface area contributed by atoms with Gasteiger partial charge in [0, 0.05) is 12.7 Å². The molecule has 0 unspecified atom stereocenters. The molecule has 96 valence electrons. The lowest BCUT2D eigenvalue weighted by Gasteiger charge is -2.18. The van der Waals surface area contributed by atoms with Gasteiger partial charge in [0.1, 0.15) is 0 Å². The summed E-state index contributed by atoms with van der Waals surface area (Å²) in [6.45, 7) is 2.41. The molecule has 1 N–H and O–H groups in total. The van der Waals surface area contributed by atoms with Gasteiger partial charge in [-0.2, -0.15) is 9.40 Å². The molecule has 0 amide bonds. The fourth-order valence-electron chi connectivity index (χ4n) is 1.56. The topological polar surface area (TPSA) is 79.0 Å². The van der Waals surface area contributed by atoms with Gasteiger partial charge in [-0.05, 0) is 18.2 Å². The van der Waals surface area contributed by atoms with Crippen LogP contribution in [0.15, 0.2) is 41.7 Å². The second-order valence-corrected chi connectivity index (χ2v) is 5.58. The van der Waals surface area contributed by atoms with Crippen LogP contribution in [0.4, 0.5) is 0 Å². The molecule has 0 spiro atoms. The number of nitrogens with one attached hydrogen (secondary N) is 1. The van der Waals surface area contributed by atoms with Crippen molar-refractivity contribution in [1.29, 1.82) is 0 Å². The molecular weight excluding hydrogens is 252 g/mol. The monoisotopic (exact) mass is 266 g/mol. The van der Waals surface area contributed by atoms with Crippen LogP contribution in [0.5, 0.6) is 0 Å². The van der Waals surface area contributed by atoms with E-state index in [1.807, 2.05) is 6.07 Å². The Bertz CT molecular complexity index is 581. The van der Waals surface area contributed by atoms with Crippen LogP contribution < -0.4 is 0 Å². The zero-order chi connectivity index (χ0) is 13.0. The number of H-pyrrole nitrogens is 1. The molecule has 0 bridgehead atoms. The van der Waals surface area contributed by atoms with E-state index >= 15 is 0 Å². The van der Waals surface area contributed by atoms with Crippen molar-refractivity contribution in [3.05, 3.63) is 42.4 Å². The minimum Gasteiger partial charge on any atom is -0.266 e. The maximum atomic E-state index is 12.3. The summed E-state index contributed by atoms with van der Waals surface area (Å²) in [7, 11) is -3.53. The molecule has 0 fully saturated rings. The van der Waals surface area contributed by atoms with Gasteiger partial charge in [0.2, 0.25) is 0 Å². The Morgan fingerprint density at radius 2 is 2.11 bits per heavy atom. The number of rotatable bonds is 5. The average Bonchev–Trinajstić information content (AvgIpc) is 2.91. The third kappa shape index (κ3) is 2.57. The van der Waals surface area contributed by atoms with Crippen molar-refractivity contribution < 1.29 is 8.42 Å². The Kier molecular flexibility index (Phi) is 3.73. The summed E-state index contributed by atoms with van der Waals surface area (Å²) in [6, 6.07) is 6.86. The summed E-state index contributed by atoms with van der Waals surface area (Å²) in [5, 5.41) is 6.24. The molecule has 6 nitrogen and oxygen atoms in total. The van der Waals surface area contributed by atoms with Gasteiger partial charge in [-0.25, -0.2) is 8.42 Å². The zero-order valence-electron chi connectivity index (χ0n) is 9.94. The van der Waals surface area contributed by atoms with Crippen LogP contribution in [0.3, 0.4) is 0 Å². The largest absolute Gasteiger partial charge is 0.266 e. The van der Waals surface area contributed by atoms with Gasteiger partial charge in [-0.15, -0.1) is 0 Å². The normalized spacial score (nSPS) is 11.9. The smallest absolute Gasteiger partial charge is 0.260 e. The minimum absolute atomic E-state index is 0.0975. The number of sulfonamides is 1. The molecule has 0 saturated carbocycles.